The number of nitrogens with one attached hydrogen (secondary N) is 1. The number of halogens is 2. The van der Waals surface area contributed by atoms with E-state index in [0.29, 0.717) is 10.6 Å². The summed E-state index contributed by atoms with van der Waals surface area (Å²) in [4.78, 5) is 47.4. The van der Waals surface area contributed by atoms with Crippen LogP contribution in [0.1, 0.15) is 5.56 Å². The lowest BCUT2D eigenvalue weighted by atomic mass is 10.1. The fraction of sp³-hybridized carbons (Fsp3) is 0. The van der Waals surface area contributed by atoms with E-state index in [0.717, 1.165) is 23.1 Å². The molecule has 3 aromatic carbocycles. The van der Waals surface area contributed by atoms with Gasteiger partial charge in [-0.2, -0.15) is 0 Å². The van der Waals surface area contributed by atoms with Gasteiger partial charge in [0, 0.05) is 11.1 Å². The Morgan fingerprint density at radius 3 is 2.27 bits per heavy atom. The summed E-state index contributed by atoms with van der Waals surface area (Å²) in [7, 11) is 0. The molecule has 14 heteroatoms. The highest BCUT2D eigenvalue weighted by Gasteiger charge is 2.35. The van der Waals surface area contributed by atoms with Crippen molar-refractivity contribution in [3.05, 3.63) is 102 Å². The molecule has 1 aliphatic rings. The third-order valence-electron chi connectivity index (χ3n) is 5.02. The van der Waals surface area contributed by atoms with Crippen molar-refractivity contribution in [3.63, 3.8) is 0 Å². The number of nitro benzene ring substituents is 2. The molecule has 37 heavy (non-hydrogen) atoms. The van der Waals surface area contributed by atoms with Crippen LogP contribution in [0.3, 0.4) is 0 Å². The molecule has 11 nitrogen and oxygen atoms in total. The predicted molar refractivity (Wildman–Crippen MR) is 139 cm³/mol. The van der Waals surface area contributed by atoms with Gasteiger partial charge in [-0.1, -0.05) is 35.3 Å². The van der Waals surface area contributed by atoms with Gasteiger partial charge < -0.3 is 4.74 Å². The first-order valence-corrected chi connectivity index (χ1v) is 11.3. The molecule has 1 aliphatic heterocycles. The lowest BCUT2D eigenvalue weighted by Crippen LogP contribution is -2.54. The summed E-state index contributed by atoms with van der Waals surface area (Å²) in [6, 6.07) is 13.3. The molecule has 0 atom stereocenters. The number of hydrogen-bond donors (Lipinski definition) is 1. The Labute approximate surface area is 223 Å². The van der Waals surface area contributed by atoms with Crippen molar-refractivity contribution >= 4 is 75.5 Å². The highest BCUT2D eigenvalue weighted by molar-refractivity contribution is 7.80. The zero-order valence-electron chi connectivity index (χ0n) is 18.2. The molecule has 0 spiro atoms. The van der Waals surface area contributed by atoms with Crippen LogP contribution < -0.4 is 15.0 Å². The van der Waals surface area contributed by atoms with E-state index in [4.69, 9.17) is 40.2 Å². The van der Waals surface area contributed by atoms with Crippen molar-refractivity contribution in [2.45, 2.75) is 0 Å². The minimum atomic E-state index is -0.794. The van der Waals surface area contributed by atoms with Crippen LogP contribution in [0.5, 0.6) is 11.5 Å². The van der Waals surface area contributed by atoms with Crippen LogP contribution in [0, 0.1) is 20.2 Å². The molecule has 186 valence electrons. The smallest absolute Gasteiger partial charge is 0.318 e. The predicted octanol–water partition coefficient (Wildman–Crippen LogP) is 5.43. The SMILES string of the molecule is O=C1NC(=S)N(c2ccc(Cl)cc2Cl)C(=O)/C1=C/c1ccc(Oc2ccc([N+](=O)[O-])cc2[N+](=O)[O-])cc1. The Hall–Kier alpha value is -4.39. The number of thiocarbonyl (C=S) groups is 1. The number of hydrogen-bond acceptors (Lipinski definition) is 8. The van der Waals surface area contributed by atoms with Gasteiger partial charge in [0.05, 0.1) is 26.6 Å². The fourth-order valence-corrected chi connectivity index (χ4v) is 4.08. The number of anilines is 1. The lowest BCUT2D eigenvalue weighted by Gasteiger charge is -2.29. The van der Waals surface area contributed by atoms with E-state index in [1.54, 1.807) is 0 Å². The molecule has 0 aromatic heterocycles. The second-order valence-corrected chi connectivity index (χ2v) is 8.62. The van der Waals surface area contributed by atoms with E-state index in [1.807, 2.05) is 0 Å². The van der Waals surface area contributed by atoms with Gasteiger partial charge in [0.25, 0.3) is 17.5 Å². The van der Waals surface area contributed by atoms with Crippen molar-refractivity contribution in [2.24, 2.45) is 0 Å². The monoisotopic (exact) mass is 558 g/mol. The van der Waals surface area contributed by atoms with Crippen LogP contribution in [0.4, 0.5) is 17.1 Å². The first kappa shape index (κ1) is 25.7. The zero-order valence-corrected chi connectivity index (χ0v) is 20.5. The van der Waals surface area contributed by atoms with E-state index < -0.39 is 33.0 Å². The minimum absolute atomic E-state index is 0.148. The largest absolute Gasteiger partial charge is 0.450 e. The summed E-state index contributed by atoms with van der Waals surface area (Å²) in [5.74, 6) is -1.44. The number of ether oxygens (including phenoxy) is 1. The molecule has 1 fully saturated rings. The minimum Gasteiger partial charge on any atom is -0.450 e. The standard InChI is InChI=1S/C23H12Cl2N4O7S/c24-13-3-7-18(17(25)10-13)27-22(31)16(21(30)26-23(27)37)9-12-1-5-15(6-2-12)36-20-8-4-14(28(32)33)11-19(20)29(34)35/h1-11H,(H,26,30,37)/b16-9+. The Kier molecular flexibility index (Phi) is 7.16. The van der Waals surface area contributed by atoms with Crippen molar-refractivity contribution in [2.75, 3.05) is 4.90 Å². The highest BCUT2D eigenvalue weighted by Crippen LogP contribution is 2.35. The highest BCUT2D eigenvalue weighted by atomic mass is 35.5. The van der Waals surface area contributed by atoms with Gasteiger partial charge in [-0.25, -0.2) is 0 Å². The van der Waals surface area contributed by atoms with Gasteiger partial charge in [-0.05, 0) is 60.3 Å². The van der Waals surface area contributed by atoms with Crippen molar-refractivity contribution in [3.8, 4) is 11.5 Å². The maximum Gasteiger partial charge on any atom is 0.318 e. The molecule has 0 saturated carbocycles. The van der Waals surface area contributed by atoms with Crippen LogP contribution in [0.15, 0.2) is 66.2 Å². The second-order valence-electron chi connectivity index (χ2n) is 7.39. The molecule has 2 amide bonds. The Morgan fingerprint density at radius 1 is 0.946 bits per heavy atom. The Balaban J connectivity index is 1.60. The molecular formula is C23H12Cl2N4O7S. The number of rotatable bonds is 6. The van der Waals surface area contributed by atoms with E-state index in [1.165, 1.54) is 48.5 Å². The third kappa shape index (κ3) is 5.40. The van der Waals surface area contributed by atoms with Crippen LogP contribution in [-0.4, -0.2) is 26.8 Å². The maximum absolute atomic E-state index is 13.2. The summed E-state index contributed by atoms with van der Waals surface area (Å²) >= 11 is 17.3. The zero-order chi connectivity index (χ0) is 26.9. The topological polar surface area (TPSA) is 145 Å². The van der Waals surface area contributed by atoms with Crippen molar-refractivity contribution in [1.29, 1.82) is 0 Å². The second kappa shape index (κ2) is 10.3. The summed E-state index contributed by atoms with van der Waals surface area (Å²) < 4.78 is 5.52. The summed E-state index contributed by atoms with van der Waals surface area (Å²) in [6.45, 7) is 0. The summed E-state index contributed by atoms with van der Waals surface area (Å²) in [6.07, 6.45) is 1.33. The molecule has 1 saturated heterocycles. The number of benzene rings is 3. The van der Waals surface area contributed by atoms with Gasteiger partial charge in [-0.3, -0.25) is 40.0 Å². The average molecular weight is 559 g/mol. The number of carbonyl (C=O) groups excluding carboxylic acids is 2. The van der Waals surface area contributed by atoms with Crippen molar-refractivity contribution < 1.29 is 24.2 Å². The maximum atomic E-state index is 13.2. The van der Waals surface area contributed by atoms with Gasteiger partial charge in [-0.15, -0.1) is 0 Å². The van der Waals surface area contributed by atoms with Gasteiger partial charge in [0.2, 0.25) is 5.75 Å². The quantitative estimate of drug-likeness (QED) is 0.138. The number of non-ortho nitro benzene ring substituents is 1. The molecule has 3 aromatic rings. The molecule has 1 heterocycles. The number of carbonyl (C=O) groups is 2. The van der Waals surface area contributed by atoms with Crippen LogP contribution >= 0.6 is 35.4 Å². The number of amides is 2. The molecular weight excluding hydrogens is 547 g/mol. The van der Waals surface area contributed by atoms with Crippen LogP contribution in [-0.2, 0) is 9.59 Å². The molecule has 0 aliphatic carbocycles. The van der Waals surface area contributed by atoms with E-state index in [2.05, 4.69) is 5.32 Å². The van der Waals surface area contributed by atoms with E-state index in [9.17, 15) is 29.8 Å². The fourth-order valence-electron chi connectivity index (χ4n) is 3.31. The Morgan fingerprint density at radius 2 is 1.65 bits per heavy atom. The normalized spacial score (nSPS) is 14.5. The third-order valence-corrected chi connectivity index (χ3v) is 5.84. The van der Waals surface area contributed by atoms with Crippen LogP contribution in [0.25, 0.3) is 6.08 Å². The molecule has 0 radical (unpaired) electrons. The summed E-state index contributed by atoms with van der Waals surface area (Å²) in [5, 5.41) is 25.0. The molecule has 1 N–H and O–H groups in total. The van der Waals surface area contributed by atoms with Gasteiger partial charge in [0.15, 0.2) is 5.11 Å². The molecule has 4 rings (SSSR count). The first-order valence-electron chi connectivity index (χ1n) is 10.1. The molecule has 0 unspecified atom stereocenters. The van der Waals surface area contributed by atoms with Gasteiger partial charge >= 0.3 is 5.69 Å². The summed E-state index contributed by atoms with van der Waals surface area (Å²) in [5.41, 5.74) is -0.592. The molecule has 0 bridgehead atoms. The Bertz CT molecular complexity index is 1530. The van der Waals surface area contributed by atoms with E-state index in [-0.39, 0.29) is 32.9 Å². The number of nitro groups is 2. The van der Waals surface area contributed by atoms with Gasteiger partial charge in [0.1, 0.15) is 11.3 Å². The lowest BCUT2D eigenvalue weighted by molar-refractivity contribution is -0.394. The van der Waals surface area contributed by atoms with E-state index >= 15 is 0 Å². The van der Waals surface area contributed by atoms with Crippen LogP contribution in [0.2, 0.25) is 10.0 Å². The average Bonchev–Trinajstić information content (AvgIpc) is 2.84. The number of nitrogens with zero attached hydrogens (tertiary/aromatic N) is 3. The first-order chi connectivity index (χ1) is 17.5. The van der Waals surface area contributed by atoms with Crippen molar-refractivity contribution in [1.82, 2.24) is 5.32 Å².